The highest BCUT2D eigenvalue weighted by Crippen LogP contribution is 2.25. The molecule has 0 aliphatic rings. The van der Waals surface area contributed by atoms with Crippen LogP contribution in [-0.2, 0) is 7.05 Å². The van der Waals surface area contributed by atoms with Gasteiger partial charge in [0, 0.05) is 7.05 Å². The highest BCUT2D eigenvalue weighted by molar-refractivity contribution is 5.34. The van der Waals surface area contributed by atoms with Crippen molar-refractivity contribution < 1.29 is 4.74 Å². The molecule has 0 saturated carbocycles. The summed E-state index contributed by atoms with van der Waals surface area (Å²) in [6.45, 7) is 7.16. The van der Waals surface area contributed by atoms with Crippen molar-refractivity contribution in [2.45, 2.75) is 39.3 Å². The van der Waals surface area contributed by atoms with Gasteiger partial charge in [0.25, 0.3) is 0 Å². The molecular weight excluding hydrogens is 264 g/mol. The van der Waals surface area contributed by atoms with Gasteiger partial charge in [0.05, 0.1) is 24.0 Å². The fourth-order valence-corrected chi connectivity index (χ4v) is 2.28. The van der Waals surface area contributed by atoms with E-state index in [1.807, 2.05) is 43.9 Å². The molecule has 5 heteroatoms. The molecule has 21 heavy (non-hydrogen) atoms. The fourth-order valence-electron chi connectivity index (χ4n) is 2.28. The Hall–Kier alpha value is -1.88. The minimum absolute atomic E-state index is 0.0701. The van der Waals surface area contributed by atoms with Crippen molar-refractivity contribution in [3.63, 3.8) is 0 Å². The van der Waals surface area contributed by atoms with Crippen molar-refractivity contribution in [3.8, 4) is 5.75 Å². The summed E-state index contributed by atoms with van der Waals surface area (Å²) in [6, 6.07) is 8.27. The first kappa shape index (κ1) is 15.5. The number of rotatable bonds is 7. The molecule has 2 rings (SSSR count). The van der Waals surface area contributed by atoms with Crippen LogP contribution in [-0.4, -0.2) is 27.6 Å². The number of nitrogens with one attached hydrogen (secondary N) is 1. The lowest BCUT2D eigenvalue weighted by atomic mass is 10.0. The molecule has 1 aromatic heterocycles. The van der Waals surface area contributed by atoms with Crippen LogP contribution >= 0.6 is 0 Å². The fraction of sp³-hybridized carbons (Fsp3) is 0.500. The largest absolute Gasteiger partial charge is 0.491 e. The molecular formula is C16H24N4O. The third kappa shape index (κ3) is 4.04. The predicted octanol–water partition coefficient (Wildman–Crippen LogP) is 2.69. The van der Waals surface area contributed by atoms with E-state index in [1.165, 1.54) is 0 Å². The smallest absolute Gasteiger partial charge is 0.120 e. The Bertz CT molecular complexity index is 565. The zero-order valence-electron chi connectivity index (χ0n) is 13.2. The van der Waals surface area contributed by atoms with E-state index in [2.05, 4.69) is 34.7 Å². The number of aryl methyl sites for hydroxylation is 1. The standard InChI is InChI=1S/C16H24N4O/c1-5-9-17-16(15-11-18-19-20(15)4)13-7-6-8-14(10-13)21-12(2)3/h6-8,10-12,16-17H,5,9H2,1-4H3. The number of hydrogen-bond acceptors (Lipinski definition) is 4. The van der Waals surface area contributed by atoms with Gasteiger partial charge in [-0.05, 0) is 44.5 Å². The third-order valence-electron chi connectivity index (χ3n) is 3.21. The molecule has 0 fully saturated rings. The second-order valence-corrected chi connectivity index (χ2v) is 5.41. The van der Waals surface area contributed by atoms with Crippen LogP contribution in [0.5, 0.6) is 5.75 Å². The Kier molecular flexibility index (Phi) is 5.33. The molecule has 114 valence electrons. The molecule has 0 aliphatic heterocycles. The molecule has 1 aromatic carbocycles. The molecule has 1 unspecified atom stereocenters. The highest BCUT2D eigenvalue weighted by atomic mass is 16.5. The molecule has 1 atom stereocenters. The first-order valence-corrected chi connectivity index (χ1v) is 7.46. The van der Waals surface area contributed by atoms with Crippen LogP contribution in [0.1, 0.15) is 44.5 Å². The first-order valence-electron chi connectivity index (χ1n) is 7.46. The van der Waals surface area contributed by atoms with Crippen molar-refractivity contribution in [1.82, 2.24) is 20.3 Å². The number of benzene rings is 1. The molecule has 0 bridgehead atoms. The molecule has 0 radical (unpaired) electrons. The van der Waals surface area contributed by atoms with Crippen LogP contribution in [0.4, 0.5) is 0 Å². The molecule has 1 N–H and O–H groups in total. The average Bonchev–Trinajstić information content (AvgIpc) is 2.85. The second kappa shape index (κ2) is 7.22. The van der Waals surface area contributed by atoms with Crippen molar-refractivity contribution >= 4 is 0 Å². The molecule has 0 aliphatic carbocycles. The van der Waals surface area contributed by atoms with Crippen molar-refractivity contribution in [2.75, 3.05) is 6.54 Å². The van der Waals surface area contributed by atoms with Gasteiger partial charge in [-0.1, -0.05) is 24.3 Å². The predicted molar refractivity (Wildman–Crippen MR) is 83.3 cm³/mol. The molecule has 0 amide bonds. The maximum Gasteiger partial charge on any atom is 0.120 e. The number of ether oxygens (including phenoxy) is 1. The number of aromatic nitrogens is 3. The lowest BCUT2D eigenvalue weighted by Gasteiger charge is -2.20. The lowest BCUT2D eigenvalue weighted by Crippen LogP contribution is -2.25. The van der Waals surface area contributed by atoms with E-state index in [4.69, 9.17) is 4.74 Å². The summed E-state index contributed by atoms with van der Waals surface area (Å²) in [6.07, 6.45) is 3.05. The minimum Gasteiger partial charge on any atom is -0.491 e. The molecule has 1 heterocycles. The lowest BCUT2D eigenvalue weighted by molar-refractivity contribution is 0.242. The first-order chi connectivity index (χ1) is 10.1. The van der Waals surface area contributed by atoms with Crippen LogP contribution < -0.4 is 10.1 Å². The van der Waals surface area contributed by atoms with Gasteiger partial charge >= 0.3 is 0 Å². The Balaban J connectivity index is 2.30. The highest BCUT2D eigenvalue weighted by Gasteiger charge is 2.18. The van der Waals surface area contributed by atoms with Gasteiger partial charge in [0.1, 0.15) is 5.75 Å². The summed E-state index contributed by atoms with van der Waals surface area (Å²) in [7, 11) is 1.91. The third-order valence-corrected chi connectivity index (χ3v) is 3.21. The molecule has 0 spiro atoms. The molecule has 2 aromatic rings. The quantitative estimate of drug-likeness (QED) is 0.851. The Morgan fingerprint density at radius 3 is 2.76 bits per heavy atom. The summed E-state index contributed by atoms with van der Waals surface area (Å²) < 4.78 is 7.60. The zero-order chi connectivity index (χ0) is 15.2. The van der Waals surface area contributed by atoms with E-state index in [9.17, 15) is 0 Å². The maximum atomic E-state index is 5.79. The van der Waals surface area contributed by atoms with Gasteiger partial charge in [-0.3, -0.25) is 4.68 Å². The monoisotopic (exact) mass is 288 g/mol. The second-order valence-electron chi connectivity index (χ2n) is 5.41. The Morgan fingerprint density at radius 2 is 2.14 bits per heavy atom. The van der Waals surface area contributed by atoms with Gasteiger partial charge in [0.2, 0.25) is 0 Å². The summed E-state index contributed by atoms with van der Waals surface area (Å²) in [4.78, 5) is 0. The van der Waals surface area contributed by atoms with Gasteiger partial charge in [-0.25, -0.2) is 0 Å². The summed E-state index contributed by atoms with van der Waals surface area (Å²) in [5, 5.41) is 11.6. The Labute approximate surface area is 126 Å². The van der Waals surface area contributed by atoms with E-state index in [0.717, 1.165) is 30.0 Å². The SMILES string of the molecule is CCCNC(c1cccc(OC(C)C)c1)c1cnnn1C. The van der Waals surface area contributed by atoms with Crippen molar-refractivity contribution in [1.29, 1.82) is 0 Å². The van der Waals surface area contributed by atoms with Crippen molar-refractivity contribution in [2.24, 2.45) is 7.05 Å². The van der Waals surface area contributed by atoms with Crippen LogP contribution in [0, 0.1) is 0 Å². The topological polar surface area (TPSA) is 52.0 Å². The molecule has 0 saturated heterocycles. The van der Waals surface area contributed by atoms with Crippen LogP contribution in [0.15, 0.2) is 30.5 Å². The Morgan fingerprint density at radius 1 is 1.33 bits per heavy atom. The minimum atomic E-state index is 0.0701. The van der Waals surface area contributed by atoms with Crippen LogP contribution in [0.2, 0.25) is 0 Å². The molecule has 5 nitrogen and oxygen atoms in total. The van der Waals surface area contributed by atoms with E-state index >= 15 is 0 Å². The van der Waals surface area contributed by atoms with Gasteiger partial charge in [-0.2, -0.15) is 0 Å². The average molecular weight is 288 g/mol. The van der Waals surface area contributed by atoms with E-state index in [1.54, 1.807) is 0 Å². The maximum absolute atomic E-state index is 5.79. The zero-order valence-corrected chi connectivity index (χ0v) is 13.2. The van der Waals surface area contributed by atoms with E-state index in [0.29, 0.717) is 0 Å². The van der Waals surface area contributed by atoms with Crippen LogP contribution in [0.3, 0.4) is 0 Å². The van der Waals surface area contributed by atoms with Gasteiger partial charge in [-0.15, -0.1) is 5.10 Å². The summed E-state index contributed by atoms with van der Waals surface area (Å²) in [5.41, 5.74) is 2.21. The summed E-state index contributed by atoms with van der Waals surface area (Å²) in [5.74, 6) is 0.890. The summed E-state index contributed by atoms with van der Waals surface area (Å²) >= 11 is 0. The van der Waals surface area contributed by atoms with E-state index < -0.39 is 0 Å². The van der Waals surface area contributed by atoms with Gasteiger partial charge in [0.15, 0.2) is 0 Å². The van der Waals surface area contributed by atoms with E-state index in [-0.39, 0.29) is 12.1 Å². The number of hydrogen-bond donors (Lipinski definition) is 1. The normalized spacial score (nSPS) is 12.6. The van der Waals surface area contributed by atoms with Crippen LogP contribution in [0.25, 0.3) is 0 Å². The number of nitrogens with zero attached hydrogens (tertiary/aromatic N) is 3. The van der Waals surface area contributed by atoms with Gasteiger partial charge < -0.3 is 10.1 Å². The van der Waals surface area contributed by atoms with Crippen molar-refractivity contribution in [3.05, 3.63) is 41.7 Å².